The van der Waals surface area contributed by atoms with Crippen molar-refractivity contribution in [1.29, 1.82) is 5.26 Å². The molecule has 0 aliphatic heterocycles. The summed E-state index contributed by atoms with van der Waals surface area (Å²) >= 11 is 1.73. The van der Waals surface area contributed by atoms with E-state index in [0.717, 1.165) is 31.4 Å². The molecule has 1 amide bonds. The van der Waals surface area contributed by atoms with Crippen LogP contribution >= 0.6 is 11.8 Å². The Labute approximate surface area is 102 Å². The summed E-state index contributed by atoms with van der Waals surface area (Å²) in [4.78, 5) is 14.1. The molecule has 0 aromatic carbocycles. The van der Waals surface area contributed by atoms with Crippen LogP contribution in [0.2, 0.25) is 0 Å². The van der Waals surface area contributed by atoms with Gasteiger partial charge in [0.15, 0.2) is 0 Å². The average Bonchev–Trinajstić information content (AvgIpc) is 2.77. The van der Waals surface area contributed by atoms with Crippen LogP contribution in [0.5, 0.6) is 0 Å². The van der Waals surface area contributed by atoms with E-state index in [1.165, 1.54) is 0 Å². The molecule has 16 heavy (non-hydrogen) atoms. The highest BCUT2D eigenvalue weighted by Gasteiger charge is 2.43. The summed E-state index contributed by atoms with van der Waals surface area (Å²) in [6.45, 7) is 2.04. The zero-order chi connectivity index (χ0) is 12.2. The molecular formula is C12H20N2OS. The van der Waals surface area contributed by atoms with Crippen molar-refractivity contribution >= 4 is 17.7 Å². The Hall–Kier alpha value is -0.690. The summed E-state index contributed by atoms with van der Waals surface area (Å²) in [5.41, 5.74) is -0.721. The molecule has 0 heterocycles. The highest BCUT2D eigenvalue weighted by atomic mass is 32.2. The summed E-state index contributed by atoms with van der Waals surface area (Å²) in [6, 6.07) is 2.46. The molecule has 1 unspecified atom stereocenters. The fourth-order valence-electron chi connectivity index (χ4n) is 2.24. The van der Waals surface area contributed by atoms with Crippen molar-refractivity contribution in [3.8, 4) is 6.07 Å². The quantitative estimate of drug-likeness (QED) is 0.757. The third-order valence-corrected chi connectivity index (χ3v) is 4.29. The molecule has 0 radical (unpaired) electrons. The molecule has 1 aliphatic rings. The summed E-state index contributed by atoms with van der Waals surface area (Å²) in [5.74, 6) is 0.943. The first kappa shape index (κ1) is 13.4. The van der Waals surface area contributed by atoms with Gasteiger partial charge in [-0.3, -0.25) is 4.79 Å². The summed E-state index contributed by atoms with van der Waals surface area (Å²) in [5, 5.41) is 9.24. The number of nitriles is 1. The standard InChI is InChI=1S/C12H20N2OS/c1-10(8-16-3)14(2)11(15)12(9-13)6-4-5-7-12/h10H,4-8H2,1-3H3. The van der Waals surface area contributed by atoms with Gasteiger partial charge in [0.1, 0.15) is 5.41 Å². The molecule has 1 fully saturated rings. The average molecular weight is 240 g/mol. The largest absolute Gasteiger partial charge is 0.341 e. The number of carbonyl (C=O) groups is 1. The van der Waals surface area contributed by atoms with Crippen LogP contribution in [0.4, 0.5) is 0 Å². The predicted octanol–water partition coefficient (Wildman–Crippen LogP) is 2.28. The lowest BCUT2D eigenvalue weighted by Gasteiger charge is -2.31. The zero-order valence-corrected chi connectivity index (χ0v) is 11.1. The molecular weight excluding hydrogens is 220 g/mol. The van der Waals surface area contributed by atoms with E-state index < -0.39 is 5.41 Å². The monoisotopic (exact) mass is 240 g/mol. The van der Waals surface area contributed by atoms with E-state index >= 15 is 0 Å². The molecule has 0 aromatic rings. The minimum absolute atomic E-state index is 0.0223. The summed E-state index contributed by atoms with van der Waals surface area (Å²) < 4.78 is 0. The lowest BCUT2D eigenvalue weighted by Crippen LogP contribution is -2.45. The number of hydrogen-bond acceptors (Lipinski definition) is 3. The fourth-order valence-corrected chi connectivity index (χ4v) is 2.95. The number of hydrogen-bond donors (Lipinski definition) is 0. The van der Waals surface area contributed by atoms with Gasteiger partial charge in [-0.1, -0.05) is 12.8 Å². The smallest absolute Gasteiger partial charge is 0.243 e. The predicted molar refractivity (Wildman–Crippen MR) is 67.1 cm³/mol. The number of rotatable bonds is 4. The molecule has 0 bridgehead atoms. The Morgan fingerprint density at radius 2 is 2.12 bits per heavy atom. The molecule has 0 spiro atoms. The molecule has 0 N–H and O–H groups in total. The topological polar surface area (TPSA) is 44.1 Å². The highest BCUT2D eigenvalue weighted by molar-refractivity contribution is 7.98. The second-order valence-corrected chi connectivity index (χ2v) is 5.53. The van der Waals surface area contributed by atoms with Gasteiger partial charge < -0.3 is 4.90 Å². The van der Waals surface area contributed by atoms with Gasteiger partial charge in [0, 0.05) is 18.8 Å². The van der Waals surface area contributed by atoms with E-state index in [9.17, 15) is 10.1 Å². The van der Waals surface area contributed by atoms with Crippen molar-refractivity contribution in [2.75, 3.05) is 19.1 Å². The van der Waals surface area contributed by atoms with Gasteiger partial charge >= 0.3 is 0 Å². The van der Waals surface area contributed by atoms with Crippen molar-refractivity contribution in [1.82, 2.24) is 4.90 Å². The van der Waals surface area contributed by atoms with Gasteiger partial charge in [0.05, 0.1) is 6.07 Å². The number of carbonyl (C=O) groups excluding carboxylic acids is 1. The minimum Gasteiger partial charge on any atom is -0.341 e. The normalized spacial score (nSPS) is 20.1. The van der Waals surface area contributed by atoms with Crippen LogP contribution in [-0.4, -0.2) is 35.9 Å². The van der Waals surface area contributed by atoms with E-state index in [1.54, 1.807) is 16.7 Å². The van der Waals surface area contributed by atoms with E-state index in [4.69, 9.17) is 0 Å². The first-order valence-corrected chi connectivity index (χ1v) is 7.14. The summed E-state index contributed by atoms with van der Waals surface area (Å²) in [7, 11) is 1.82. The van der Waals surface area contributed by atoms with Gasteiger partial charge in [-0.05, 0) is 26.0 Å². The molecule has 1 rings (SSSR count). The molecule has 3 nitrogen and oxygen atoms in total. The van der Waals surface area contributed by atoms with Gasteiger partial charge in [-0.25, -0.2) is 0 Å². The molecule has 1 atom stereocenters. The first-order valence-electron chi connectivity index (χ1n) is 5.75. The zero-order valence-electron chi connectivity index (χ0n) is 10.3. The van der Waals surface area contributed by atoms with Crippen LogP contribution in [0.15, 0.2) is 0 Å². The molecule has 90 valence electrons. The Bertz CT molecular complexity index is 292. The maximum atomic E-state index is 12.3. The van der Waals surface area contributed by atoms with Crippen LogP contribution in [0, 0.1) is 16.7 Å². The van der Waals surface area contributed by atoms with Crippen LogP contribution in [-0.2, 0) is 4.79 Å². The highest BCUT2D eigenvalue weighted by Crippen LogP contribution is 2.39. The third-order valence-electron chi connectivity index (χ3n) is 3.47. The van der Waals surface area contributed by atoms with Gasteiger partial charge in [-0.15, -0.1) is 0 Å². The van der Waals surface area contributed by atoms with Crippen LogP contribution in [0.3, 0.4) is 0 Å². The lowest BCUT2D eigenvalue weighted by atomic mass is 9.86. The van der Waals surface area contributed by atoms with E-state index in [0.29, 0.717) is 0 Å². The van der Waals surface area contributed by atoms with Crippen LogP contribution in [0.25, 0.3) is 0 Å². The van der Waals surface area contributed by atoms with Crippen LogP contribution in [0.1, 0.15) is 32.6 Å². The Morgan fingerprint density at radius 1 is 1.56 bits per heavy atom. The molecule has 1 saturated carbocycles. The number of amides is 1. The molecule has 1 aliphatic carbocycles. The van der Waals surface area contributed by atoms with Crippen molar-refractivity contribution in [2.24, 2.45) is 5.41 Å². The Kier molecular flexibility index (Phi) is 4.67. The van der Waals surface area contributed by atoms with Crippen molar-refractivity contribution in [2.45, 2.75) is 38.6 Å². The van der Waals surface area contributed by atoms with E-state index in [-0.39, 0.29) is 11.9 Å². The third kappa shape index (κ3) is 2.52. The van der Waals surface area contributed by atoms with Gasteiger partial charge in [0.25, 0.3) is 0 Å². The number of nitrogens with zero attached hydrogens (tertiary/aromatic N) is 2. The molecule has 4 heteroatoms. The Balaban J connectivity index is 2.72. The maximum Gasteiger partial charge on any atom is 0.243 e. The Morgan fingerprint density at radius 3 is 2.56 bits per heavy atom. The van der Waals surface area contributed by atoms with Gasteiger partial charge in [0.2, 0.25) is 5.91 Å². The van der Waals surface area contributed by atoms with E-state index in [2.05, 4.69) is 6.07 Å². The maximum absolute atomic E-state index is 12.3. The lowest BCUT2D eigenvalue weighted by molar-refractivity contribution is -0.138. The SMILES string of the molecule is CSCC(C)N(C)C(=O)C1(C#N)CCCC1. The molecule has 0 saturated heterocycles. The van der Waals surface area contributed by atoms with E-state index in [1.807, 2.05) is 20.2 Å². The van der Waals surface area contributed by atoms with Gasteiger partial charge in [-0.2, -0.15) is 17.0 Å². The second kappa shape index (κ2) is 5.58. The van der Waals surface area contributed by atoms with Crippen LogP contribution < -0.4 is 0 Å². The van der Waals surface area contributed by atoms with Crippen molar-refractivity contribution in [3.63, 3.8) is 0 Å². The molecule has 0 aromatic heterocycles. The number of thioether (sulfide) groups is 1. The van der Waals surface area contributed by atoms with Crippen molar-refractivity contribution in [3.05, 3.63) is 0 Å². The second-order valence-electron chi connectivity index (χ2n) is 4.62. The fraction of sp³-hybridized carbons (Fsp3) is 0.833. The minimum atomic E-state index is -0.721. The summed E-state index contributed by atoms with van der Waals surface area (Å²) in [6.07, 6.45) is 5.51. The first-order chi connectivity index (χ1) is 7.57. The van der Waals surface area contributed by atoms with Crippen molar-refractivity contribution < 1.29 is 4.79 Å².